The van der Waals surface area contributed by atoms with Crippen LogP contribution in [0.4, 0.5) is 10.1 Å². The summed E-state index contributed by atoms with van der Waals surface area (Å²) in [6, 6.07) is 13.4. The molecule has 0 atom stereocenters. The Hall–Kier alpha value is -2.49. The van der Waals surface area contributed by atoms with Crippen LogP contribution in [-0.4, -0.2) is 25.2 Å². The molecule has 29 heavy (non-hydrogen) atoms. The van der Waals surface area contributed by atoms with Gasteiger partial charge in [-0.1, -0.05) is 6.07 Å². The Kier molecular flexibility index (Phi) is 5.28. The first-order chi connectivity index (χ1) is 13.8. The maximum atomic E-state index is 13.1. The summed E-state index contributed by atoms with van der Waals surface area (Å²) < 4.78 is 45.9. The molecule has 0 aliphatic carbocycles. The van der Waals surface area contributed by atoms with Crippen LogP contribution in [0.25, 0.3) is 0 Å². The van der Waals surface area contributed by atoms with Crippen LogP contribution in [0.3, 0.4) is 0 Å². The number of furan rings is 1. The second-order valence-electron chi connectivity index (χ2n) is 6.58. The highest BCUT2D eigenvalue weighted by atomic mass is 79.9. The van der Waals surface area contributed by atoms with Crippen molar-refractivity contribution in [1.82, 2.24) is 4.31 Å². The van der Waals surface area contributed by atoms with Crippen molar-refractivity contribution in [2.24, 2.45) is 0 Å². The fourth-order valence-electron chi connectivity index (χ4n) is 3.20. The zero-order chi connectivity index (χ0) is 20.6. The van der Waals surface area contributed by atoms with Gasteiger partial charge in [0.2, 0.25) is 10.0 Å². The number of halogens is 2. The Morgan fingerprint density at radius 2 is 1.83 bits per heavy atom. The minimum absolute atomic E-state index is 0.0511. The fraction of sp³-hybridized carbons (Fsp3) is 0.150. The van der Waals surface area contributed by atoms with Gasteiger partial charge in [-0.3, -0.25) is 4.79 Å². The van der Waals surface area contributed by atoms with E-state index in [1.54, 1.807) is 24.3 Å². The van der Waals surface area contributed by atoms with Gasteiger partial charge in [0.1, 0.15) is 5.82 Å². The smallest absolute Gasteiger partial charge is 0.291 e. The zero-order valence-corrected chi connectivity index (χ0v) is 17.5. The minimum Gasteiger partial charge on any atom is -0.444 e. The van der Waals surface area contributed by atoms with Crippen LogP contribution in [0, 0.1) is 5.82 Å². The maximum absolute atomic E-state index is 13.1. The Morgan fingerprint density at radius 1 is 1.07 bits per heavy atom. The van der Waals surface area contributed by atoms with E-state index in [2.05, 4.69) is 21.2 Å². The number of nitrogens with zero attached hydrogens (tertiary/aromatic N) is 1. The Bertz CT molecular complexity index is 1180. The highest BCUT2D eigenvalue weighted by Crippen LogP contribution is 2.27. The quantitative estimate of drug-likeness (QED) is 0.609. The molecule has 9 heteroatoms. The van der Waals surface area contributed by atoms with Gasteiger partial charge in [0.05, 0.1) is 4.90 Å². The molecule has 150 valence electrons. The van der Waals surface area contributed by atoms with Crippen LogP contribution in [0.5, 0.6) is 0 Å². The van der Waals surface area contributed by atoms with Gasteiger partial charge in [-0.2, -0.15) is 4.31 Å². The van der Waals surface area contributed by atoms with E-state index in [0.29, 0.717) is 23.3 Å². The average Bonchev–Trinajstić information content (AvgIpc) is 3.14. The SMILES string of the molecule is O=C(Nc1ccc2c(c1)CN(S(=O)(=O)c1ccc(F)cc1)CC2)c1ccc(Br)o1. The third-order valence-electron chi connectivity index (χ3n) is 4.69. The third-order valence-corrected chi connectivity index (χ3v) is 6.98. The summed E-state index contributed by atoms with van der Waals surface area (Å²) in [6.45, 7) is 0.504. The lowest BCUT2D eigenvalue weighted by molar-refractivity contribution is 0.0995. The summed E-state index contributed by atoms with van der Waals surface area (Å²) >= 11 is 3.15. The summed E-state index contributed by atoms with van der Waals surface area (Å²) in [5.41, 5.74) is 2.37. The molecule has 0 fully saturated rings. The molecular formula is C20H16BrFN2O4S. The lowest BCUT2D eigenvalue weighted by Crippen LogP contribution is -2.36. The number of nitrogens with one attached hydrogen (secondary N) is 1. The Labute approximate surface area is 175 Å². The van der Waals surface area contributed by atoms with Gasteiger partial charge < -0.3 is 9.73 Å². The first-order valence-corrected chi connectivity index (χ1v) is 11.0. The van der Waals surface area contributed by atoms with E-state index in [-0.39, 0.29) is 17.2 Å². The molecule has 0 saturated heterocycles. The van der Waals surface area contributed by atoms with Gasteiger partial charge in [-0.15, -0.1) is 0 Å². The number of fused-ring (bicyclic) bond motifs is 1. The number of sulfonamides is 1. The van der Waals surface area contributed by atoms with Crippen molar-refractivity contribution in [2.75, 3.05) is 11.9 Å². The second kappa shape index (κ2) is 7.74. The van der Waals surface area contributed by atoms with Crippen molar-refractivity contribution in [3.05, 3.63) is 82.0 Å². The number of rotatable bonds is 4. The van der Waals surface area contributed by atoms with E-state index >= 15 is 0 Å². The minimum atomic E-state index is -3.74. The number of carbonyl (C=O) groups excluding carboxylic acids is 1. The molecule has 0 unspecified atom stereocenters. The van der Waals surface area contributed by atoms with E-state index in [1.807, 2.05) is 6.07 Å². The average molecular weight is 479 g/mol. The molecule has 0 bridgehead atoms. The number of carbonyl (C=O) groups is 1. The predicted molar refractivity (Wildman–Crippen MR) is 109 cm³/mol. The maximum Gasteiger partial charge on any atom is 0.291 e. The van der Waals surface area contributed by atoms with Gasteiger partial charge in [0.25, 0.3) is 5.91 Å². The molecule has 0 spiro atoms. The topological polar surface area (TPSA) is 79.6 Å². The molecule has 1 N–H and O–H groups in total. The number of hydrogen-bond acceptors (Lipinski definition) is 4. The Morgan fingerprint density at radius 3 is 2.52 bits per heavy atom. The molecule has 2 aromatic carbocycles. The van der Waals surface area contributed by atoms with Crippen molar-refractivity contribution in [3.63, 3.8) is 0 Å². The molecule has 1 amide bonds. The van der Waals surface area contributed by atoms with Crippen LogP contribution in [0.2, 0.25) is 0 Å². The van der Waals surface area contributed by atoms with Gasteiger partial charge >= 0.3 is 0 Å². The van der Waals surface area contributed by atoms with Crippen LogP contribution in [0.1, 0.15) is 21.7 Å². The van der Waals surface area contributed by atoms with Crippen molar-refractivity contribution in [3.8, 4) is 0 Å². The summed E-state index contributed by atoms with van der Waals surface area (Å²) in [5.74, 6) is -0.728. The summed E-state index contributed by atoms with van der Waals surface area (Å²) in [4.78, 5) is 12.3. The molecule has 3 aromatic rings. The van der Waals surface area contributed by atoms with Crippen LogP contribution >= 0.6 is 15.9 Å². The van der Waals surface area contributed by atoms with Gasteiger partial charge in [0.15, 0.2) is 10.4 Å². The monoisotopic (exact) mass is 478 g/mol. The first kappa shape index (κ1) is 19.8. The largest absolute Gasteiger partial charge is 0.444 e. The summed E-state index contributed by atoms with van der Waals surface area (Å²) in [7, 11) is -3.74. The number of anilines is 1. The molecule has 0 saturated carbocycles. The lowest BCUT2D eigenvalue weighted by atomic mass is 10.0. The van der Waals surface area contributed by atoms with E-state index in [9.17, 15) is 17.6 Å². The highest BCUT2D eigenvalue weighted by Gasteiger charge is 2.28. The van der Waals surface area contributed by atoms with Crippen LogP contribution in [0.15, 0.2) is 68.6 Å². The second-order valence-corrected chi connectivity index (χ2v) is 9.30. The van der Waals surface area contributed by atoms with Crippen molar-refractivity contribution < 1.29 is 22.0 Å². The van der Waals surface area contributed by atoms with Gasteiger partial charge in [-0.25, -0.2) is 12.8 Å². The van der Waals surface area contributed by atoms with Crippen LogP contribution < -0.4 is 5.32 Å². The number of benzene rings is 2. The third kappa shape index (κ3) is 4.12. The van der Waals surface area contributed by atoms with Gasteiger partial charge in [0, 0.05) is 18.8 Å². The molecule has 1 aliphatic heterocycles. The molecule has 4 rings (SSSR count). The molecule has 0 radical (unpaired) electrons. The highest BCUT2D eigenvalue weighted by molar-refractivity contribution is 9.10. The van der Waals surface area contributed by atoms with Crippen LogP contribution in [-0.2, 0) is 23.0 Å². The first-order valence-electron chi connectivity index (χ1n) is 8.77. The molecule has 2 heterocycles. The molecule has 1 aromatic heterocycles. The van der Waals surface area contributed by atoms with E-state index in [0.717, 1.165) is 23.3 Å². The van der Waals surface area contributed by atoms with E-state index < -0.39 is 21.7 Å². The zero-order valence-electron chi connectivity index (χ0n) is 15.1. The molecule has 1 aliphatic rings. The standard InChI is InChI=1S/C20H16BrFN2O4S/c21-19-8-7-18(28-19)20(25)23-16-4-1-13-9-10-24(12-14(13)11-16)29(26,27)17-5-2-15(22)3-6-17/h1-8,11H,9-10,12H2,(H,23,25). The number of hydrogen-bond donors (Lipinski definition) is 1. The normalized spacial score (nSPS) is 14.4. The fourth-order valence-corrected chi connectivity index (χ4v) is 4.92. The summed E-state index contributed by atoms with van der Waals surface area (Å²) in [5, 5.41) is 2.75. The van der Waals surface area contributed by atoms with Gasteiger partial charge in [-0.05, 0) is 82.0 Å². The van der Waals surface area contributed by atoms with Crippen molar-refractivity contribution in [2.45, 2.75) is 17.9 Å². The molecule has 6 nitrogen and oxygen atoms in total. The van der Waals surface area contributed by atoms with E-state index in [4.69, 9.17) is 4.42 Å². The van der Waals surface area contributed by atoms with Crippen molar-refractivity contribution in [1.29, 1.82) is 0 Å². The van der Waals surface area contributed by atoms with Crippen molar-refractivity contribution >= 4 is 37.5 Å². The summed E-state index contributed by atoms with van der Waals surface area (Å²) in [6.07, 6.45) is 0.551. The Balaban J connectivity index is 1.55. The number of amides is 1. The molecular weight excluding hydrogens is 463 g/mol. The lowest BCUT2D eigenvalue weighted by Gasteiger charge is -2.28. The predicted octanol–water partition coefficient (Wildman–Crippen LogP) is 4.18. The van der Waals surface area contributed by atoms with E-state index in [1.165, 1.54) is 16.4 Å².